The van der Waals surface area contributed by atoms with E-state index in [0.29, 0.717) is 19.3 Å². The molecule has 6 nitrogen and oxygen atoms in total. The Morgan fingerprint density at radius 3 is 0.918 bits per heavy atom. The molecule has 0 aliphatic rings. The summed E-state index contributed by atoms with van der Waals surface area (Å²) >= 11 is 0. The Hall–Kier alpha value is -3.67. The monoisotopic (exact) mass is 1010 g/mol. The van der Waals surface area contributed by atoms with Gasteiger partial charge in [-0.3, -0.25) is 14.4 Å². The third-order valence-electron chi connectivity index (χ3n) is 13.1. The molecule has 0 saturated heterocycles. The number of allylic oxidation sites excluding steroid dienone is 16. The second kappa shape index (κ2) is 60.9. The lowest BCUT2D eigenvalue weighted by Gasteiger charge is -2.18. The van der Waals surface area contributed by atoms with Crippen molar-refractivity contribution in [2.24, 2.45) is 0 Å². The minimum Gasteiger partial charge on any atom is -0.462 e. The third-order valence-corrected chi connectivity index (χ3v) is 13.1. The Morgan fingerprint density at radius 2 is 0.548 bits per heavy atom. The van der Waals surface area contributed by atoms with Crippen LogP contribution >= 0.6 is 0 Å². The van der Waals surface area contributed by atoms with Gasteiger partial charge in [-0.2, -0.15) is 0 Å². The quantitative estimate of drug-likeness (QED) is 0.0261. The van der Waals surface area contributed by atoms with Gasteiger partial charge >= 0.3 is 17.9 Å². The molecule has 1 atom stereocenters. The molecule has 73 heavy (non-hydrogen) atoms. The van der Waals surface area contributed by atoms with Crippen molar-refractivity contribution in [2.45, 2.75) is 297 Å². The van der Waals surface area contributed by atoms with Gasteiger partial charge in [0, 0.05) is 19.3 Å². The van der Waals surface area contributed by atoms with Crippen molar-refractivity contribution in [1.29, 1.82) is 0 Å². The average Bonchev–Trinajstić information content (AvgIpc) is 3.39. The van der Waals surface area contributed by atoms with Crippen molar-refractivity contribution in [3.05, 3.63) is 97.2 Å². The second-order valence-corrected chi connectivity index (χ2v) is 20.2. The minimum atomic E-state index is -0.813. The van der Waals surface area contributed by atoms with Gasteiger partial charge in [0.25, 0.3) is 0 Å². The van der Waals surface area contributed by atoms with E-state index in [0.717, 1.165) is 103 Å². The minimum absolute atomic E-state index is 0.103. The first-order valence-electron chi connectivity index (χ1n) is 30.7. The van der Waals surface area contributed by atoms with Crippen LogP contribution in [0, 0.1) is 0 Å². The topological polar surface area (TPSA) is 78.9 Å². The molecule has 0 aromatic rings. The third kappa shape index (κ3) is 59.1. The number of carbonyl (C=O) groups is 3. The summed E-state index contributed by atoms with van der Waals surface area (Å²) in [7, 11) is 0. The zero-order chi connectivity index (χ0) is 52.9. The molecule has 0 heterocycles. The highest BCUT2D eigenvalue weighted by Gasteiger charge is 2.19. The summed E-state index contributed by atoms with van der Waals surface area (Å²) in [4.78, 5) is 38.2. The van der Waals surface area contributed by atoms with Gasteiger partial charge in [-0.25, -0.2) is 0 Å². The Labute approximate surface area is 451 Å². The van der Waals surface area contributed by atoms with Crippen LogP contribution in [0.1, 0.15) is 290 Å². The van der Waals surface area contributed by atoms with Gasteiger partial charge in [0.1, 0.15) is 13.2 Å². The summed E-state index contributed by atoms with van der Waals surface area (Å²) in [6.45, 7) is 6.46. The van der Waals surface area contributed by atoms with Crippen LogP contribution < -0.4 is 0 Å². The molecular weight excluding hydrogens is 901 g/mol. The molecule has 0 amide bonds. The van der Waals surface area contributed by atoms with Crippen LogP contribution in [-0.4, -0.2) is 37.2 Å². The molecule has 0 rings (SSSR count). The molecule has 6 heteroatoms. The standard InChI is InChI=1S/C67H114O6/c1-4-7-10-13-16-19-22-25-28-31-32-33-34-37-39-42-45-48-51-54-57-60-66(69)72-63-64(73-67(70)61-58-55-52-49-46-43-40-36-30-27-24-21-18-15-12-9-6-3)62-71-65(68)59-56-53-50-47-44-41-38-35-29-26-23-20-17-14-11-8-5-2/h8,11,17-18,20-21,26-27,29-30,38,40-41,43,47,50,64H,4-7,9-10,12-16,19,22-25,28,31-37,39,42,44-46,48-49,51-63H2,1-3H3/b11-8-,20-17-,21-18-,29-26-,30-27-,41-38-,43-40-,50-47-/t64-/m1/s1. The van der Waals surface area contributed by atoms with Gasteiger partial charge in [0.15, 0.2) is 6.10 Å². The fraction of sp³-hybridized carbons (Fsp3) is 0.716. The first kappa shape index (κ1) is 69.3. The van der Waals surface area contributed by atoms with E-state index in [2.05, 4.69) is 118 Å². The van der Waals surface area contributed by atoms with E-state index in [-0.39, 0.29) is 37.5 Å². The van der Waals surface area contributed by atoms with Crippen LogP contribution in [0.25, 0.3) is 0 Å². The molecule has 0 unspecified atom stereocenters. The normalized spacial score (nSPS) is 12.8. The number of esters is 3. The van der Waals surface area contributed by atoms with Crippen molar-refractivity contribution >= 4 is 17.9 Å². The van der Waals surface area contributed by atoms with Crippen LogP contribution in [0.2, 0.25) is 0 Å². The predicted molar refractivity (Wildman–Crippen MR) is 316 cm³/mol. The van der Waals surface area contributed by atoms with Crippen LogP contribution in [0.15, 0.2) is 97.2 Å². The highest BCUT2D eigenvalue weighted by molar-refractivity contribution is 5.71. The molecular formula is C67H114O6. The van der Waals surface area contributed by atoms with Crippen LogP contribution in [0.5, 0.6) is 0 Å². The van der Waals surface area contributed by atoms with Crippen LogP contribution in [0.3, 0.4) is 0 Å². The SMILES string of the molecule is CC/C=C\C/C=C\C/C=C\C/C=C\C/C=C\CCCC(=O)OC[C@H](COC(=O)CCCCCCCCCCCCCCCCCCCCCCC)OC(=O)CCCCCC/C=C\C/C=C\C/C=C\CCCCC. The van der Waals surface area contributed by atoms with E-state index in [4.69, 9.17) is 14.2 Å². The number of ether oxygens (including phenoxy) is 3. The van der Waals surface area contributed by atoms with Gasteiger partial charge in [-0.05, 0) is 96.3 Å². The zero-order valence-corrected chi connectivity index (χ0v) is 47.9. The predicted octanol–water partition coefficient (Wildman–Crippen LogP) is 20.9. The second-order valence-electron chi connectivity index (χ2n) is 20.2. The first-order chi connectivity index (χ1) is 36.0. The summed E-state index contributed by atoms with van der Waals surface area (Å²) in [6.07, 6.45) is 81.3. The van der Waals surface area contributed by atoms with Gasteiger partial charge in [0.2, 0.25) is 0 Å². The number of hydrogen-bond donors (Lipinski definition) is 0. The summed E-state index contributed by atoms with van der Waals surface area (Å²) in [6, 6.07) is 0. The summed E-state index contributed by atoms with van der Waals surface area (Å²) in [5.74, 6) is -0.977. The highest BCUT2D eigenvalue weighted by Crippen LogP contribution is 2.16. The largest absolute Gasteiger partial charge is 0.462 e. The summed E-state index contributed by atoms with van der Waals surface area (Å²) in [5.41, 5.74) is 0. The highest BCUT2D eigenvalue weighted by atomic mass is 16.6. The van der Waals surface area contributed by atoms with E-state index >= 15 is 0 Å². The molecule has 0 fully saturated rings. The fourth-order valence-electron chi connectivity index (χ4n) is 8.49. The Kier molecular flexibility index (Phi) is 57.8. The lowest BCUT2D eigenvalue weighted by atomic mass is 10.0. The van der Waals surface area contributed by atoms with Crippen molar-refractivity contribution in [2.75, 3.05) is 13.2 Å². The molecule has 418 valence electrons. The maximum Gasteiger partial charge on any atom is 0.306 e. The number of carbonyl (C=O) groups excluding carboxylic acids is 3. The molecule has 0 saturated carbocycles. The average molecular weight is 1020 g/mol. The number of rotatable bonds is 55. The Balaban J connectivity index is 4.45. The molecule has 0 radical (unpaired) electrons. The zero-order valence-electron chi connectivity index (χ0n) is 47.9. The molecule has 0 aliphatic heterocycles. The Morgan fingerprint density at radius 1 is 0.288 bits per heavy atom. The molecule has 0 aliphatic carbocycles. The lowest BCUT2D eigenvalue weighted by molar-refractivity contribution is -0.167. The van der Waals surface area contributed by atoms with Crippen LogP contribution in [-0.2, 0) is 28.6 Å². The van der Waals surface area contributed by atoms with Gasteiger partial charge in [-0.1, -0.05) is 272 Å². The molecule has 0 aromatic heterocycles. The lowest BCUT2D eigenvalue weighted by Crippen LogP contribution is -2.30. The fourth-order valence-corrected chi connectivity index (χ4v) is 8.49. The summed E-state index contributed by atoms with van der Waals surface area (Å²) < 4.78 is 16.8. The van der Waals surface area contributed by atoms with E-state index in [1.54, 1.807) is 0 Å². The number of unbranched alkanes of at least 4 members (excludes halogenated alkanes) is 28. The van der Waals surface area contributed by atoms with Crippen molar-refractivity contribution in [3.8, 4) is 0 Å². The molecule has 0 N–H and O–H groups in total. The van der Waals surface area contributed by atoms with E-state index in [9.17, 15) is 14.4 Å². The van der Waals surface area contributed by atoms with Gasteiger partial charge in [0.05, 0.1) is 0 Å². The first-order valence-corrected chi connectivity index (χ1v) is 30.7. The maximum atomic E-state index is 12.9. The van der Waals surface area contributed by atoms with E-state index < -0.39 is 6.10 Å². The Bertz CT molecular complexity index is 1440. The molecule has 0 bridgehead atoms. The number of hydrogen-bond acceptors (Lipinski definition) is 6. The van der Waals surface area contributed by atoms with E-state index in [1.807, 2.05) is 0 Å². The molecule has 0 spiro atoms. The summed E-state index contributed by atoms with van der Waals surface area (Å²) in [5, 5.41) is 0. The van der Waals surface area contributed by atoms with Crippen molar-refractivity contribution in [1.82, 2.24) is 0 Å². The van der Waals surface area contributed by atoms with Gasteiger partial charge in [-0.15, -0.1) is 0 Å². The van der Waals surface area contributed by atoms with E-state index in [1.165, 1.54) is 141 Å². The van der Waals surface area contributed by atoms with Crippen LogP contribution in [0.4, 0.5) is 0 Å². The van der Waals surface area contributed by atoms with Crippen molar-refractivity contribution in [3.63, 3.8) is 0 Å². The van der Waals surface area contributed by atoms with Gasteiger partial charge < -0.3 is 14.2 Å². The maximum absolute atomic E-state index is 12.9. The van der Waals surface area contributed by atoms with Crippen molar-refractivity contribution < 1.29 is 28.6 Å². The smallest absolute Gasteiger partial charge is 0.306 e. The molecule has 0 aromatic carbocycles.